The van der Waals surface area contributed by atoms with Crippen molar-refractivity contribution in [1.82, 2.24) is 15.3 Å². The standard InChI is InChI=1S/C14H16ClN3O3/c1-14(2,3)21-13(20)16-7-11-17-10-6-8(15)4-5-9(10)12(19)18-11/h4-6H,7H2,1-3H3,(H,16,20)(H,17,18,19). The second kappa shape index (κ2) is 5.73. The van der Waals surface area contributed by atoms with Gasteiger partial charge in [-0.25, -0.2) is 9.78 Å². The van der Waals surface area contributed by atoms with E-state index in [1.165, 1.54) is 0 Å². The highest BCUT2D eigenvalue weighted by Crippen LogP contribution is 2.14. The van der Waals surface area contributed by atoms with Crippen LogP contribution < -0.4 is 10.9 Å². The molecule has 0 radical (unpaired) electrons. The molecule has 0 spiro atoms. The maximum Gasteiger partial charge on any atom is 0.408 e. The van der Waals surface area contributed by atoms with Gasteiger partial charge >= 0.3 is 6.09 Å². The number of rotatable bonds is 2. The van der Waals surface area contributed by atoms with E-state index >= 15 is 0 Å². The third-order valence-corrected chi connectivity index (χ3v) is 2.75. The summed E-state index contributed by atoms with van der Waals surface area (Å²) < 4.78 is 5.11. The number of fused-ring (bicyclic) bond motifs is 1. The van der Waals surface area contributed by atoms with Gasteiger partial charge in [0.05, 0.1) is 17.4 Å². The predicted octanol–water partition coefficient (Wildman–Crippen LogP) is 2.60. The average Bonchev–Trinajstić information content (AvgIpc) is 2.33. The number of carbonyl (C=O) groups excluding carboxylic acids is 1. The van der Waals surface area contributed by atoms with Gasteiger partial charge in [0.1, 0.15) is 11.4 Å². The molecule has 2 N–H and O–H groups in total. The second-order valence-corrected chi connectivity index (χ2v) is 5.97. The van der Waals surface area contributed by atoms with Gasteiger partial charge in [0, 0.05) is 5.02 Å². The summed E-state index contributed by atoms with van der Waals surface area (Å²) in [5.41, 5.74) is -0.383. The van der Waals surface area contributed by atoms with Crippen molar-refractivity contribution in [3.05, 3.63) is 39.4 Å². The first-order valence-corrected chi connectivity index (χ1v) is 6.78. The van der Waals surface area contributed by atoms with E-state index < -0.39 is 11.7 Å². The van der Waals surface area contributed by atoms with Crippen LogP contribution in [0.15, 0.2) is 23.0 Å². The van der Waals surface area contributed by atoms with Crippen LogP contribution in [0.1, 0.15) is 26.6 Å². The van der Waals surface area contributed by atoms with Crippen LogP contribution in [-0.4, -0.2) is 21.7 Å². The van der Waals surface area contributed by atoms with Crippen LogP contribution in [0.3, 0.4) is 0 Å². The predicted molar refractivity (Wildman–Crippen MR) is 80.4 cm³/mol. The Kier molecular flexibility index (Phi) is 4.18. The maximum absolute atomic E-state index is 11.9. The maximum atomic E-state index is 11.9. The fourth-order valence-corrected chi connectivity index (χ4v) is 1.88. The third kappa shape index (κ3) is 4.19. The van der Waals surface area contributed by atoms with Gasteiger partial charge in [-0.15, -0.1) is 0 Å². The molecular formula is C14H16ClN3O3. The van der Waals surface area contributed by atoms with E-state index in [9.17, 15) is 9.59 Å². The topological polar surface area (TPSA) is 84.1 Å². The third-order valence-electron chi connectivity index (χ3n) is 2.52. The molecule has 0 aliphatic rings. The highest BCUT2D eigenvalue weighted by molar-refractivity contribution is 6.31. The minimum absolute atomic E-state index is 0.0621. The number of nitrogens with one attached hydrogen (secondary N) is 2. The zero-order valence-corrected chi connectivity index (χ0v) is 12.7. The van der Waals surface area contributed by atoms with Crippen molar-refractivity contribution < 1.29 is 9.53 Å². The zero-order chi connectivity index (χ0) is 15.6. The van der Waals surface area contributed by atoms with Gasteiger partial charge in [0.15, 0.2) is 0 Å². The Morgan fingerprint density at radius 2 is 2.14 bits per heavy atom. The molecule has 0 saturated carbocycles. The van der Waals surface area contributed by atoms with Gasteiger partial charge in [0.2, 0.25) is 0 Å². The summed E-state index contributed by atoms with van der Waals surface area (Å²) in [6, 6.07) is 4.83. The van der Waals surface area contributed by atoms with Crippen molar-refractivity contribution in [2.75, 3.05) is 0 Å². The first kappa shape index (κ1) is 15.3. The molecule has 1 heterocycles. The Balaban J connectivity index is 2.16. The van der Waals surface area contributed by atoms with E-state index in [0.717, 1.165) is 0 Å². The second-order valence-electron chi connectivity index (χ2n) is 5.53. The number of alkyl carbamates (subject to hydrolysis) is 1. The van der Waals surface area contributed by atoms with Crippen LogP contribution in [0.4, 0.5) is 4.79 Å². The molecule has 2 rings (SSSR count). The van der Waals surface area contributed by atoms with Gasteiger partial charge in [-0.05, 0) is 39.0 Å². The molecule has 1 aromatic carbocycles. The van der Waals surface area contributed by atoms with Crippen molar-refractivity contribution in [2.24, 2.45) is 0 Å². The van der Waals surface area contributed by atoms with E-state index in [-0.39, 0.29) is 12.1 Å². The lowest BCUT2D eigenvalue weighted by Gasteiger charge is -2.19. The Bertz CT molecular complexity index is 734. The van der Waals surface area contributed by atoms with Crippen molar-refractivity contribution >= 4 is 28.6 Å². The molecule has 6 nitrogen and oxygen atoms in total. The summed E-state index contributed by atoms with van der Waals surface area (Å²) in [6.45, 7) is 5.37. The summed E-state index contributed by atoms with van der Waals surface area (Å²) in [7, 11) is 0. The van der Waals surface area contributed by atoms with Crippen LogP contribution in [0.2, 0.25) is 5.02 Å². The molecule has 0 bridgehead atoms. The number of aromatic amines is 1. The molecule has 0 fully saturated rings. The molecule has 0 unspecified atom stereocenters. The number of halogens is 1. The number of nitrogens with zero attached hydrogens (tertiary/aromatic N) is 1. The fraction of sp³-hybridized carbons (Fsp3) is 0.357. The molecule has 0 aliphatic carbocycles. The molecule has 2 aromatic rings. The number of hydrogen-bond donors (Lipinski definition) is 2. The van der Waals surface area contributed by atoms with Crippen molar-refractivity contribution in [2.45, 2.75) is 32.9 Å². The van der Waals surface area contributed by atoms with E-state index in [4.69, 9.17) is 16.3 Å². The molecule has 21 heavy (non-hydrogen) atoms. The van der Waals surface area contributed by atoms with Crippen LogP contribution in [0, 0.1) is 0 Å². The molecule has 1 aromatic heterocycles. The van der Waals surface area contributed by atoms with Crippen molar-refractivity contribution in [3.63, 3.8) is 0 Å². The number of amides is 1. The van der Waals surface area contributed by atoms with E-state index in [1.807, 2.05) is 0 Å². The minimum atomic E-state index is -0.582. The molecule has 7 heteroatoms. The Hall–Kier alpha value is -2.08. The first-order valence-electron chi connectivity index (χ1n) is 6.40. The van der Waals surface area contributed by atoms with E-state index in [2.05, 4.69) is 15.3 Å². The highest BCUT2D eigenvalue weighted by Gasteiger charge is 2.16. The largest absolute Gasteiger partial charge is 0.444 e. The lowest BCUT2D eigenvalue weighted by molar-refractivity contribution is 0.0522. The summed E-state index contributed by atoms with van der Waals surface area (Å²) >= 11 is 5.88. The smallest absolute Gasteiger partial charge is 0.408 e. The lowest BCUT2D eigenvalue weighted by Crippen LogP contribution is -2.33. The van der Waals surface area contributed by atoms with E-state index in [1.54, 1.807) is 39.0 Å². The molecule has 0 aliphatic heterocycles. The number of aromatic nitrogens is 2. The molecular weight excluding hydrogens is 294 g/mol. The normalized spacial score (nSPS) is 11.4. The van der Waals surface area contributed by atoms with Crippen molar-refractivity contribution in [3.8, 4) is 0 Å². The van der Waals surface area contributed by atoms with E-state index in [0.29, 0.717) is 21.7 Å². The van der Waals surface area contributed by atoms with Crippen LogP contribution in [-0.2, 0) is 11.3 Å². The molecule has 0 saturated heterocycles. The number of carbonyl (C=O) groups is 1. The number of ether oxygens (including phenoxy) is 1. The summed E-state index contributed by atoms with van der Waals surface area (Å²) in [4.78, 5) is 30.3. The van der Waals surface area contributed by atoms with Crippen LogP contribution >= 0.6 is 11.6 Å². The summed E-state index contributed by atoms with van der Waals surface area (Å²) in [5.74, 6) is 0.334. The van der Waals surface area contributed by atoms with Gasteiger partial charge in [-0.2, -0.15) is 0 Å². The average molecular weight is 310 g/mol. The Morgan fingerprint density at radius 1 is 1.43 bits per heavy atom. The van der Waals surface area contributed by atoms with Gasteiger partial charge < -0.3 is 15.0 Å². The van der Waals surface area contributed by atoms with Gasteiger partial charge in [-0.3, -0.25) is 4.79 Å². The highest BCUT2D eigenvalue weighted by atomic mass is 35.5. The quantitative estimate of drug-likeness (QED) is 0.893. The summed E-state index contributed by atoms with van der Waals surface area (Å²) in [6.07, 6.45) is -0.573. The molecule has 112 valence electrons. The summed E-state index contributed by atoms with van der Waals surface area (Å²) in [5, 5.41) is 3.47. The zero-order valence-electron chi connectivity index (χ0n) is 12.0. The SMILES string of the molecule is CC(C)(C)OC(=O)NCc1nc2cc(Cl)ccc2c(=O)[nH]1. The van der Waals surface area contributed by atoms with Gasteiger partial charge in [0.25, 0.3) is 5.56 Å². The molecule has 0 atom stereocenters. The van der Waals surface area contributed by atoms with Crippen molar-refractivity contribution in [1.29, 1.82) is 0 Å². The minimum Gasteiger partial charge on any atom is -0.444 e. The lowest BCUT2D eigenvalue weighted by atomic mass is 10.2. The number of H-pyrrole nitrogens is 1. The van der Waals surface area contributed by atoms with Crippen LogP contribution in [0.25, 0.3) is 10.9 Å². The molecule has 1 amide bonds. The Morgan fingerprint density at radius 3 is 2.81 bits per heavy atom. The van der Waals surface area contributed by atoms with Gasteiger partial charge in [-0.1, -0.05) is 11.6 Å². The Labute approximate surface area is 126 Å². The number of hydrogen-bond acceptors (Lipinski definition) is 4. The first-order chi connectivity index (χ1) is 9.74. The monoisotopic (exact) mass is 309 g/mol. The number of benzene rings is 1. The van der Waals surface area contributed by atoms with Crippen LogP contribution in [0.5, 0.6) is 0 Å². The fourth-order valence-electron chi connectivity index (χ4n) is 1.71.